The third-order valence-electron chi connectivity index (χ3n) is 2.38. The largest absolute Gasteiger partial charge is 0.466 e. The lowest BCUT2D eigenvalue weighted by atomic mass is 9.99. The summed E-state index contributed by atoms with van der Waals surface area (Å²) in [5.74, 6) is -0.637. The van der Waals surface area contributed by atoms with E-state index < -0.39 is 18.0 Å². The second-order valence-corrected chi connectivity index (χ2v) is 3.55. The average Bonchev–Trinajstić information content (AvgIpc) is 2.29. The van der Waals surface area contributed by atoms with Gasteiger partial charge in [0.1, 0.15) is 6.07 Å². The second kappa shape index (κ2) is 6.05. The first-order valence-corrected chi connectivity index (χ1v) is 5.33. The zero-order valence-corrected chi connectivity index (χ0v) is 10.0. The molecule has 6 heteroatoms. The van der Waals surface area contributed by atoms with Crippen molar-refractivity contribution in [2.75, 3.05) is 6.61 Å². The molecule has 1 aromatic rings. The normalized spacial score (nSPS) is 10.2. The van der Waals surface area contributed by atoms with Crippen molar-refractivity contribution in [2.24, 2.45) is 0 Å². The van der Waals surface area contributed by atoms with E-state index in [0.29, 0.717) is 5.69 Å². The van der Waals surface area contributed by atoms with Gasteiger partial charge in [-0.05, 0) is 19.4 Å². The fraction of sp³-hybridized carbons (Fsp3) is 0.417. The van der Waals surface area contributed by atoms with Crippen LogP contribution in [0.15, 0.2) is 6.20 Å². The van der Waals surface area contributed by atoms with Crippen LogP contribution in [0.1, 0.15) is 35.7 Å². The van der Waals surface area contributed by atoms with Gasteiger partial charge in [0.2, 0.25) is 0 Å². The maximum atomic E-state index is 12.8. The smallest absolute Gasteiger partial charge is 0.310 e. The maximum Gasteiger partial charge on any atom is 0.310 e. The van der Waals surface area contributed by atoms with E-state index >= 15 is 0 Å². The summed E-state index contributed by atoms with van der Waals surface area (Å²) in [6.45, 7) is 3.31. The van der Waals surface area contributed by atoms with Gasteiger partial charge in [0.25, 0.3) is 6.43 Å². The number of ether oxygens (including phenoxy) is 1. The van der Waals surface area contributed by atoms with Crippen LogP contribution in [-0.4, -0.2) is 17.6 Å². The molecule has 96 valence electrons. The molecule has 0 aromatic carbocycles. The molecule has 0 bridgehead atoms. The lowest BCUT2D eigenvalue weighted by molar-refractivity contribution is -0.142. The predicted molar refractivity (Wildman–Crippen MR) is 59.0 cm³/mol. The molecule has 0 unspecified atom stereocenters. The van der Waals surface area contributed by atoms with Gasteiger partial charge in [0, 0.05) is 11.8 Å². The number of halogens is 2. The van der Waals surface area contributed by atoms with Gasteiger partial charge >= 0.3 is 5.97 Å². The highest BCUT2D eigenvalue weighted by atomic mass is 19.3. The number of aromatic nitrogens is 1. The molecule has 0 aliphatic heterocycles. The molecule has 0 aliphatic rings. The summed E-state index contributed by atoms with van der Waals surface area (Å²) < 4.78 is 30.3. The molecule has 1 rings (SSSR count). The van der Waals surface area contributed by atoms with Gasteiger partial charge in [-0.25, -0.2) is 8.78 Å². The van der Waals surface area contributed by atoms with Gasteiger partial charge < -0.3 is 4.74 Å². The molecule has 1 heterocycles. The zero-order valence-electron chi connectivity index (χ0n) is 10.0. The first-order valence-electron chi connectivity index (χ1n) is 5.33. The molecular formula is C12H12F2N2O2. The Morgan fingerprint density at radius 2 is 2.28 bits per heavy atom. The number of carbonyl (C=O) groups excluding carboxylic acids is 1. The minimum atomic E-state index is -2.78. The number of rotatable bonds is 4. The molecular weight excluding hydrogens is 242 g/mol. The first-order chi connectivity index (χ1) is 8.51. The topological polar surface area (TPSA) is 63.0 Å². The summed E-state index contributed by atoms with van der Waals surface area (Å²) in [5, 5.41) is 8.96. The SMILES string of the molecule is CCOC(=O)Cc1c(C(F)F)cnc(C)c1C#N. The van der Waals surface area contributed by atoms with Crippen molar-refractivity contribution in [3.63, 3.8) is 0 Å². The molecule has 0 saturated heterocycles. The molecule has 0 fully saturated rings. The van der Waals surface area contributed by atoms with Crippen molar-refractivity contribution >= 4 is 5.97 Å². The van der Waals surface area contributed by atoms with Crippen LogP contribution in [0.4, 0.5) is 8.78 Å². The summed E-state index contributed by atoms with van der Waals surface area (Å²) in [6, 6.07) is 1.80. The van der Waals surface area contributed by atoms with Crippen LogP contribution in [0.25, 0.3) is 0 Å². The Balaban J connectivity index is 3.24. The van der Waals surface area contributed by atoms with Crippen molar-refractivity contribution in [3.8, 4) is 6.07 Å². The number of hydrogen-bond acceptors (Lipinski definition) is 4. The highest BCUT2D eigenvalue weighted by Crippen LogP contribution is 2.26. The number of carbonyl (C=O) groups is 1. The summed E-state index contributed by atoms with van der Waals surface area (Å²) >= 11 is 0. The van der Waals surface area contributed by atoms with E-state index in [-0.39, 0.29) is 24.2 Å². The van der Waals surface area contributed by atoms with Crippen LogP contribution in [0.5, 0.6) is 0 Å². The maximum absolute atomic E-state index is 12.8. The fourth-order valence-electron chi connectivity index (χ4n) is 1.55. The molecule has 0 atom stereocenters. The number of nitrogens with zero attached hydrogens (tertiary/aromatic N) is 2. The number of aryl methyl sites for hydroxylation is 1. The monoisotopic (exact) mass is 254 g/mol. The van der Waals surface area contributed by atoms with Crippen molar-refractivity contribution in [1.82, 2.24) is 4.98 Å². The zero-order chi connectivity index (χ0) is 13.7. The average molecular weight is 254 g/mol. The predicted octanol–water partition coefficient (Wildman–Crippen LogP) is 2.30. The van der Waals surface area contributed by atoms with Crippen LogP contribution in [0.3, 0.4) is 0 Å². The van der Waals surface area contributed by atoms with Crippen LogP contribution >= 0.6 is 0 Å². The highest BCUT2D eigenvalue weighted by molar-refractivity contribution is 5.74. The Kier molecular flexibility index (Phi) is 4.72. The van der Waals surface area contributed by atoms with E-state index in [4.69, 9.17) is 10.00 Å². The third-order valence-corrected chi connectivity index (χ3v) is 2.38. The number of alkyl halides is 2. The molecule has 0 radical (unpaired) electrons. The molecule has 0 aliphatic carbocycles. The van der Waals surface area contributed by atoms with Crippen LogP contribution < -0.4 is 0 Å². The van der Waals surface area contributed by atoms with Gasteiger partial charge in [-0.2, -0.15) is 5.26 Å². The molecule has 18 heavy (non-hydrogen) atoms. The number of pyridine rings is 1. The summed E-state index contributed by atoms with van der Waals surface area (Å²) in [5.41, 5.74) is -0.0642. The lowest BCUT2D eigenvalue weighted by Gasteiger charge is -2.11. The highest BCUT2D eigenvalue weighted by Gasteiger charge is 2.21. The van der Waals surface area contributed by atoms with Gasteiger partial charge in [-0.3, -0.25) is 9.78 Å². The summed E-state index contributed by atoms with van der Waals surface area (Å²) in [6.07, 6.45) is -2.13. The van der Waals surface area contributed by atoms with Crippen LogP contribution in [0, 0.1) is 18.3 Å². The number of esters is 1. The molecule has 1 aromatic heterocycles. The van der Waals surface area contributed by atoms with E-state index in [2.05, 4.69) is 4.98 Å². The van der Waals surface area contributed by atoms with Gasteiger partial charge in [-0.15, -0.1) is 0 Å². The Bertz CT molecular complexity index is 496. The number of nitriles is 1. The number of hydrogen-bond donors (Lipinski definition) is 0. The Hall–Kier alpha value is -2.03. The Labute approximate surface area is 103 Å². The summed E-state index contributed by atoms with van der Waals surface area (Å²) in [4.78, 5) is 15.1. The van der Waals surface area contributed by atoms with Crippen LogP contribution in [0.2, 0.25) is 0 Å². The summed E-state index contributed by atoms with van der Waals surface area (Å²) in [7, 11) is 0. The fourth-order valence-corrected chi connectivity index (χ4v) is 1.55. The van der Waals surface area contributed by atoms with E-state index in [1.165, 1.54) is 6.92 Å². The standard InChI is InChI=1S/C12H12F2N2O2/c1-3-18-11(17)4-8-9(5-15)7(2)16-6-10(8)12(13)14/h6,12H,3-4H2,1-2H3. The van der Waals surface area contributed by atoms with Crippen molar-refractivity contribution < 1.29 is 18.3 Å². The molecule has 0 N–H and O–H groups in total. The lowest BCUT2D eigenvalue weighted by Crippen LogP contribution is -2.12. The third kappa shape index (κ3) is 3.00. The Morgan fingerprint density at radius 1 is 1.61 bits per heavy atom. The van der Waals surface area contributed by atoms with Gasteiger partial charge in [0.05, 0.1) is 24.3 Å². The van der Waals surface area contributed by atoms with Crippen molar-refractivity contribution in [2.45, 2.75) is 26.7 Å². The van der Waals surface area contributed by atoms with Crippen LogP contribution in [-0.2, 0) is 16.0 Å². The second-order valence-electron chi connectivity index (χ2n) is 3.55. The quantitative estimate of drug-likeness (QED) is 0.773. The molecule has 0 spiro atoms. The van der Waals surface area contributed by atoms with E-state index in [1.807, 2.05) is 0 Å². The molecule has 0 amide bonds. The van der Waals surface area contributed by atoms with Crippen molar-refractivity contribution in [1.29, 1.82) is 5.26 Å². The molecule has 0 saturated carbocycles. The minimum Gasteiger partial charge on any atom is -0.466 e. The van der Waals surface area contributed by atoms with Crippen molar-refractivity contribution in [3.05, 3.63) is 28.6 Å². The minimum absolute atomic E-state index is 0.00144. The molecule has 4 nitrogen and oxygen atoms in total. The first kappa shape index (κ1) is 14.0. The van der Waals surface area contributed by atoms with E-state index in [9.17, 15) is 13.6 Å². The van der Waals surface area contributed by atoms with Gasteiger partial charge in [0.15, 0.2) is 0 Å². The van der Waals surface area contributed by atoms with E-state index in [1.54, 1.807) is 13.0 Å². The van der Waals surface area contributed by atoms with E-state index in [0.717, 1.165) is 6.20 Å². The van der Waals surface area contributed by atoms with Gasteiger partial charge in [-0.1, -0.05) is 0 Å². The Morgan fingerprint density at radius 3 is 2.78 bits per heavy atom.